The molecule has 2 rings (SSSR count). The molecule has 0 saturated heterocycles. The van der Waals surface area contributed by atoms with Crippen molar-refractivity contribution in [3.63, 3.8) is 0 Å². The zero-order valence-electron chi connectivity index (χ0n) is 12.1. The minimum absolute atomic E-state index is 0.205. The van der Waals surface area contributed by atoms with Gasteiger partial charge < -0.3 is 10.1 Å². The Kier molecular flexibility index (Phi) is 5.09. The van der Waals surface area contributed by atoms with E-state index in [1.165, 1.54) is 0 Å². The van der Waals surface area contributed by atoms with Crippen LogP contribution < -0.4 is 10.1 Å². The number of nitrogens with one attached hydrogen (secondary N) is 1. The first-order valence-electron chi connectivity index (χ1n) is 6.56. The lowest BCUT2D eigenvalue weighted by molar-refractivity contribution is 0.418. The molecule has 1 heterocycles. The van der Waals surface area contributed by atoms with Crippen LogP contribution in [0, 0.1) is 0 Å². The van der Waals surface area contributed by atoms with Crippen molar-refractivity contribution in [1.29, 1.82) is 0 Å². The molecule has 108 valence electrons. The van der Waals surface area contributed by atoms with Crippen molar-refractivity contribution in [3.8, 4) is 5.75 Å². The second kappa shape index (κ2) is 6.81. The van der Waals surface area contributed by atoms with Crippen LogP contribution in [0.25, 0.3) is 10.9 Å². The number of hydrogen-bond donors (Lipinski definition) is 1. The van der Waals surface area contributed by atoms with Crippen LogP contribution in [-0.4, -0.2) is 34.4 Å². The number of benzene rings is 1. The highest BCUT2D eigenvalue weighted by Crippen LogP contribution is 2.23. The third kappa shape index (κ3) is 3.77. The van der Waals surface area contributed by atoms with Crippen LogP contribution in [0.4, 0.5) is 0 Å². The summed E-state index contributed by atoms with van der Waals surface area (Å²) in [4.78, 5) is 4.63. The highest BCUT2D eigenvalue weighted by molar-refractivity contribution is 7.84. The summed E-state index contributed by atoms with van der Waals surface area (Å²) in [6, 6.07) is 10.1. The molecule has 0 fully saturated rings. The number of ether oxygens (including phenoxy) is 1. The van der Waals surface area contributed by atoms with Gasteiger partial charge in [-0.15, -0.1) is 0 Å². The van der Waals surface area contributed by atoms with Crippen LogP contribution in [0.15, 0.2) is 30.3 Å². The fourth-order valence-corrected chi connectivity index (χ4v) is 2.94. The Morgan fingerprint density at radius 2 is 2.15 bits per heavy atom. The number of fused-ring (bicyclic) bond motifs is 1. The van der Waals surface area contributed by atoms with E-state index in [0.717, 1.165) is 22.3 Å². The third-order valence-corrected chi connectivity index (χ3v) is 4.05. The van der Waals surface area contributed by atoms with Gasteiger partial charge in [0.1, 0.15) is 11.3 Å². The van der Waals surface area contributed by atoms with Crippen molar-refractivity contribution in [2.45, 2.75) is 19.5 Å². The fraction of sp³-hybridized carbons (Fsp3) is 0.400. The normalized spacial score (nSPS) is 14.2. The van der Waals surface area contributed by atoms with Gasteiger partial charge in [-0.2, -0.15) is 0 Å². The average Bonchev–Trinajstić information content (AvgIpc) is 2.43. The molecule has 0 aliphatic carbocycles. The van der Waals surface area contributed by atoms with Crippen molar-refractivity contribution in [3.05, 3.63) is 36.0 Å². The van der Waals surface area contributed by atoms with E-state index in [9.17, 15) is 4.21 Å². The number of aromatic nitrogens is 1. The number of methoxy groups -OCH3 is 1. The number of pyridine rings is 1. The molecule has 4 nitrogen and oxygen atoms in total. The van der Waals surface area contributed by atoms with E-state index >= 15 is 0 Å². The molecule has 0 spiro atoms. The van der Waals surface area contributed by atoms with Gasteiger partial charge in [-0.05, 0) is 19.1 Å². The van der Waals surface area contributed by atoms with Gasteiger partial charge in [-0.1, -0.05) is 18.2 Å². The minimum atomic E-state index is -0.784. The Balaban J connectivity index is 2.13. The van der Waals surface area contributed by atoms with E-state index in [0.29, 0.717) is 12.3 Å². The molecule has 5 heteroatoms. The lowest BCUT2D eigenvalue weighted by atomic mass is 10.2. The SMILES string of the molecule is COc1cccc2ccc(CNC(C)CS(C)=O)nc12. The van der Waals surface area contributed by atoms with Gasteiger partial charge in [0.25, 0.3) is 0 Å². The number of para-hydroxylation sites is 1. The van der Waals surface area contributed by atoms with Crippen LogP contribution >= 0.6 is 0 Å². The van der Waals surface area contributed by atoms with Crippen molar-refractivity contribution in [1.82, 2.24) is 10.3 Å². The Bertz CT molecular complexity index is 616. The van der Waals surface area contributed by atoms with Gasteiger partial charge >= 0.3 is 0 Å². The largest absolute Gasteiger partial charge is 0.494 e. The quantitative estimate of drug-likeness (QED) is 0.886. The van der Waals surface area contributed by atoms with Crippen LogP contribution in [0.5, 0.6) is 5.75 Å². The standard InChI is InChI=1S/C15H20N2O2S/c1-11(10-20(3)18)16-9-13-8-7-12-5-4-6-14(19-2)15(12)17-13/h4-8,11,16H,9-10H2,1-3H3. The molecular formula is C15H20N2O2S. The molecule has 0 radical (unpaired) electrons. The van der Waals surface area contributed by atoms with Crippen LogP contribution in [0.2, 0.25) is 0 Å². The van der Waals surface area contributed by atoms with E-state index in [-0.39, 0.29) is 6.04 Å². The second-order valence-electron chi connectivity index (χ2n) is 4.86. The minimum Gasteiger partial charge on any atom is -0.494 e. The van der Waals surface area contributed by atoms with Crippen LogP contribution in [0.1, 0.15) is 12.6 Å². The Morgan fingerprint density at radius 3 is 2.85 bits per heavy atom. The molecule has 2 unspecified atom stereocenters. The van der Waals surface area contributed by atoms with Gasteiger partial charge in [0.2, 0.25) is 0 Å². The Morgan fingerprint density at radius 1 is 1.35 bits per heavy atom. The summed E-state index contributed by atoms with van der Waals surface area (Å²) >= 11 is 0. The third-order valence-electron chi connectivity index (χ3n) is 3.08. The van der Waals surface area contributed by atoms with Gasteiger partial charge in [0, 0.05) is 40.8 Å². The number of rotatable bonds is 6. The molecule has 20 heavy (non-hydrogen) atoms. The molecular weight excluding hydrogens is 272 g/mol. The number of hydrogen-bond acceptors (Lipinski definition) is 4. The summed E-state index contributed by atoms with van der Waals surface area (Å²) in [5, 5.41) is 4.40. The first kappa shape index (κ1) is 14.9. The monoisotopic (exact) mass is 292 g/mol. The van der Waals surface area contributed by atoms with Gasteiger partial charge in [0.15, 0.2) is 0 Å². The van der Waals surface area contributed by atoms with Gasteiger partial charge in [-0.3, -0.25) is 4.21 Å². The molecule has 2 aromatic rings. The maximum atomic E-state index is 11.2. The van der Waals surface area contributed by atoms with Crippen LogP contribution in [-0.2, 0) is 17.3 Å². The highest BCUT2D eigenvalue weighted by Gasteiger charge is 2.07. The highest BCUT2D eigenvalue weighted by atomic mass is 32.2. The van der Waals surface area contributed by atoms with Crippen LogP contribution in [0.3, 0.4) is 0 Å². The number of nitrogens with zero attached hydrogens (tertiary/aromatic N) is 1. The topological polar surface area (TPSA) is 51.2 Å². The van der Waals surface area contributed by atoms with Crippen molar-refractivity contribution >= 4 is 21.7 Å². The van der Waals surface area contributed by atoms with E-state index in [4.69, 9.17) is 4.74 Å². The second-order valence-corrected chi connectivity index (χ2v) is 6.34. The van der Waals surface area contributed by atoms with E-state index in [2.05, 4.69) is 10.3 Å². The Hall–Kier alpha value is -1.46. The molecule has 0 amide bonds. The molecule has 0 aliphatic rings. The van der Waals surface area contributed by atoms with Crippen molar-refractivity contribution in [2.24, 2.45) is 0 Å². The maximum absolute atomic E-state index is 11.2. The molecule has 2 atom stereocenters. The predicted molar refractivity (Wildman–Crippen MR) is 83.5 cm³/mol. The van der Waals surface area contributed by atoms with E-state index in [1.54, 1.807) is 13.4 Å². The lowest BCUT2D eigenvalue weighted by Crippen LogP contribution is -2.30. The maximum Gasteiger partial charge on any atom is 0.145 e. The van der Waals surface area contributed by atoms with Gasteiger partial charge in [0.05, 0.1) is 12.8 Å². The zero-order valence-corrected chi connectivity index (χ0v) is 12.9. The molecule has 1 aromatic heterocycles. The molecule has 1 aromatic carbocycles. The fourth-order valence-electron chi connectivity index (χ4n) is 2.11. The molecule has 0 aliphatic heterocycles. The first-order valence-corrected chi connectivity index (χ1v) is 8.29. The summed E-state index contributed by atoms with van der Waals surface area (Å²) in [7, 11) is 0.869. The summed E-state index contributed by atoms with van der Waals surface area (Å²) < 4.78 is 16.5. The van der Waals surface area contributed by atoms with E-state index in [1.807, 2.05) is 37.3 Å². The summed E-state index contributed by atoms with van der Waals surface area (Å²) in [5.41, 5.74) is 1.83. The molecule has 0 saturated carbocycles. The molecule has 1 N–H and O–H groups in total. The summed E-state index contributed by atoms with van der Waals surface area (Å²) in [5.74, 6) is 1.43. The first-order chi connectivity index (χ1) is 9.60. The Labute approximate surface area is 122 Å². The van der Waals surface area contributed by atoms with E-state index < -0.39 is 10.8 Å². The van der Waals surface area contributed by atoms with Crippen molar-refractivity contribution in [2.75, 3.05) is 19.1 Å². The predicted octanol–water partition coefficient (Wildman–Crippen LogP) is 2.10. The zero-order chi connectivity index (χ0) is 14.5. The summed E-state index contributed by atoms with van der Waals surface area (Å²) in [6.07, 6.45) is 1.72. The summed E-state index contributed by atoms with van der Waals surface area (Å²) in [6.45, 7) is 2.69. The van der Waals surface area contributed by atoms with Gasteiger partial charge in [-0.25, -0.2) is 4.98 Å². The van der Waals surface area contributed by atoms with Crippen molar-refractivity contribution < 1.29 is 8.95 Å². The average molecular weight is 292 g/mol. The smallest absolute Gasteiger partial charge is 0.145 e. The lowest BCUT2D eigenvalue weighted by Gasteiger charge is -2.12. The molecule has 0 bridgehead atoms.